The van der Waals surface area contributed by atoms with Crippen LogP contribution in [0.5, 0.6) is 0 Å². The van der Waals surface area contributed by atoms with Crippen LogP contribution in [0.1, 0.15) is 71.1 Å². The smallest absolute Gasteiger partial charge is 0.0233 e. The Morgan fingerprint density at radius 3 is 1.88 bits per heavy atom. The molecule has 92 valence electrons. The van der Waals surface area contributed by atoms with Gasteiger partial charge in [0.15, 0.2) is 0 Å². The predicted molar refractivity (Wildman–Crippen MR) is 71.5 cm³/mol. The molecule has 0 aromatic carbocycles. The zero-order chi connectivity index (χ0) is 11.2. The van der Waals surface area contributed by atoms with E-state index in [0.29, 0.717) is 0 Å². The summed E-state index contributed by atoms with van der Waals surface area (Å²) in [5, 5.41) is 0. The van der Waals surface area contributed by atoms with Gasteiger partial charge in [-0.1, -0.05) is 44.8 Å². The minimum absolute atomic E-state index is 0.921. The van der Waals surface area contributed by atoms with E-state index in [1.165, 1.54) is 64.2 Å². The summed E-state index contributed by atoms with van der Waals surface area (Å²) in [6, 6.07) is 0. The molecule has 2 fully saturated rings. The minimum atomic E-state index is 0.921. The lowest BCUT2D eigenvalue weighted by Crippen LogP contribution is -2.12. The van der Waals surface area contributed by atoms with E-state index in [4.69, 9.17) is 0 Å². The van der Waals surface area contributed by atoms with Crippen LogP contribution in [0.4, 0.5) is 0 Å². The number of allylic oxidation sites excluding steroid dienone is 2. The van der Waals surface area contributed by atoms with Crippen molar-refractivity contribution in [3.05, 3.63) is 12.2 Å². The third-order valence-corrected chi connectivity index (χ3v) is 4.77. The quantitative estimate of drug-likeness (QED) is 0.563. The molecule has 16 heavy (non-hydrogen) atoms. The third-order valence-electron chi connectivity index (χ3n) is 4.77. The van der Waals surface area contributed by atoms with Gasteiger partial charge in [0.05, 0.1) is 0 Å². The van der Waals surface area contributed by atoms with Crippen LogP contribution < -0.4 is 0 Å². The maximum atomic E-state index is 2.57. The SMILES string of the molecule is CC[C@H]1CC[C@H](/C=C/C2CCCCC2)CC1. The van der Waals surface area contributed by atoms with Gasteiger partial charge in [0.2, 0.25) is 0 Å². The molecule has 0 spiro atoms. The summed E-state index contributed by atoms with van der Waals surface area (Å²) in [6.45, 7) is 2.35. The Labute approximate surface area is 102 Å². The molecule has 0 heteroatoms. The van der Waals surface area contributed by atoms with Crippen LogP contribution in [0.25, 0.3) is 0 Å². The van der Waals surface area contributed by atoms with Gasteiger partial charge in [0.25, 0.3) is 0 Å². The van der Waals surface area contributed by atoms with Gasteiger partial charge in [-0.25, -0.2) is 0 Å². The second-order valence-corrected chi connectivity index (χ2v) is 5.97. The van der Waals surface area contributed by atoms with Crippen molar-refractivity contribution in [3.8, 4) is 0 Å². The van der Waals surface area contributed by atoms with Crippen LogP contribution >= 0.6 is 0 Å². The normalized spacial score (nSPS) is 33.3. The van der Waals surface area contributed by atoms with Crippen molar-refractivity contribution in [3.63, 3.8) is 0 Å². The van der Waals surface area contributed by atoms with Crippen LogP contribution in [0, 0.1) is 17.8 Å². The second kappa shape index (κ2) is 6.47. The Morgan fingerprint density at radius 2 is 1.31 bits per heavy atom. The first-order chi connectivity index (χ1) is 7.88. The van der Waals surface area contributed by atoms with Gasteiger partial charge in [-0.05, 0) is 56.3 Å². The van der Waals surface area contributed by atoms with Crippen LogP contribution in [0.3, 0.4) is 0 Å². The van der Waals surface area contributed by atoms with E-state index in [-0.39, 0.29) is 0 Å². The number of rotatable bonds is 3. The molecule has 2 aliphatic carbocycles. The Hall–Kier alpha value is -0.260. The Morgan fingerprint density at radius 1 is 0.750 bits per heavy atom. The van der Waals surface area contributed by atoms with Crippen LogP contribution in [-0.2, 0) is 0 Å². The van der Waals surface area contributed by atoms with Crippen molar-refractivity contribution >= 4 is 0 Å². The molecular weight excluding hydrogens is 192 g/mol. The lowest BCUT2D eigenvalue weighted by atomic mass is 9.80. The van der Waals surface area contributed by atoms with Crippen molar-refractivity contribution < 1.29 is 0 Å². The molecule has 0 aromatic heterocycles. The molecule has 0 heterocycles. The average molecular weight is 220 g/mol. The topological polar surface area (TPSA) is 0 Å². The van der Waals surface area contributed by atoms with E-state index < -0.39 is 0 Å². The summed E-state index contributed by atoms with van der Waals surface area (Å²) in [5.74, 6) is 2.89. The summed E-state index contributed by atoms with van der Waals surface area (Å²) >= 11 is 0. The Kier molecular flexibility index (Phi) is 4.93. The molecule has 2 saturated carbocycles. The van der Waals surface area contributed by atoms with Crippen molar-refractivity contribution in [2.45, 2.75) is 71.1 Å². The van der Waals surface area contributed by atoms with Gasteiger partial charge in [0.1, 0.15) is 0 Å². The van der Waals surface area contributed by atoms with Crippen molar-refractivity contribution in [1.29, 1.82) is 0 Å². The van der Waals surface area contributed by atoms with Gasteiger partial charge < -0.3 is 0 Å². The van der Waals surface area contributed by atoms with E-state index >= 15 is 0 Å². The molecule has 0 N–H and O–H groups in total. The highest BCUT2D eigenvalue weighted by Crippen LogP contribution is 2.32. The first kappa shape index (κ1) is 12.2. The molecule has 0 radical (unpaired) electrons. The summed E-state index contributed by atoms with van der Waals surface area (Å²) in [6.07, 6.45) is 19.8. The van der Waals surface area contributed by atoms with Gasteiger partial charge in [-0.15, -0.1) is 0 Å². The molecular formula is C16H28. The minimum Gasteiger partial charge on any atom is -0.0851 e. The highest BCUT2D eigenvalue weighted by Gasteiger charge is 2.18. The molecule has 0 bridgehead atoms. The summed E-state index contributed by atoms with van der Waals surface area (Å²) in [5.41, 5.74) is 0. The molecule has 0 amide bonds. The van der Waals surface area contributed by atoms with Crippen LogP contribution in [0.15, 0.2) is 12.2 Å². The third kappa shape index (κ3) is 3.64. The average Bonchev–Trinajstić information content (AvgIpc) is 2.38. The van der Waals surface area contributed by atoms with E-state index in [1.54, 1.807) is 0 Å². The van der Waals surface area contributed by atoms with E-state index in [9.17, 15) is 0 Å². The molecule has 0 aliphatic heterocycles. The lowest BCUT2D eigenvalue weighted by molar-refractivity contribution is 0.302. The van der Waals surface area contributed by atoms with Crippen LogP contribution in [0.2, 0.25) is 0 Å². The highest BCUT2D eigenvalue weighted by molar-refractivity contribution is 4.95. The second-order valence-electron chi connectivity index (χ2n) is 5.97. The fourth-order valence-electron chi connectivity index (χ4n) is 3.43. The molecule has 0 aromatic rings. The highest BCUT2D eigenvalue weighted by atomic mass is 14.2. The monoisotopic (exact) mass is 220 g/mol. The Balaban J connectivity index is 1.71. The first-order valence-corrected chi connectivity index (χ1v) is 7.56. The zero-order valence-corrected chi connectivity index (χ0v) is 11.0. The largest absolute Gasteiger partial charge is 0.0851 e. The van der Waals surface area contributed by atoms with Gasteiger partial charge in [-0.2, -0.15) is 0 Å². The summed E-state index contributed by atoms with van der Waals surface area (Å²) in [4.78, 5) is 0. The summed E-state index contributed by atoms with van der Waals surface area (Å²) in [7, 11) is 0. The lowest BCUT2D eigenvalue weighted by Gasteiger charge is -2.26. The maximum Gasteiger partial charge on any atom is -0.0233 e. The summed E-state index contributed by atoms with van der Waals surface area (Å²) < 4.78 is 0. The van der Waals surface area contributed by atoms with Crippen molar-refractivity contribution in [1.82, 2.24) is 0 Å². The van der Waals surface area contributed by atoms with E-state index in [2.05, 4.69) is 19.1 Å². The molecule has 2 rings (SSSR count). The van der Waals surface area contributed by atoms with Gasteiger partial charge in [-0.3, -0.25) is 0 Å². The fraction of sp³-hybridized carbons (Fsp3) is 0.875. The molecule has 2 aliphatic rings. The van der Waals surface area contributed by atoms with Crippen LogP contribution in [-0.4, -0.2) is 0 Å². The first-order valence-electron chi connectivity index (χ1n) is 7.56. The van der Waals surface area contributed by atoms with Gasteiger partial charge in [0, 0.05) is 0 Å². The molecule has 0 atom stereocenters. The van der Waals surface area contributed by atoms with Gasteiger partial charge >= 0.3 is 0 Å². The van der Waals surface area contributed by atoms with Crippen molar-refractivity contribution in [2.75, 3.05) is 0 Å². The molecule has 0 unspecified atom stereocenters. The number of hydrogen-bond acceptors (Lipinski definition) is 0. The van der Waals surface area contributed by atoms with E-state index in [0.717, 1.165) is 17.8 Å². The fourth-order valence-corrected chi connectivity index (χ4v) is 3.43. The van der Waals surface area contributed by atoms with E-state index in [1.807, 2.05) is 0 Å². The molecule has 0 nitrogen and oxygen atoms in total. The number of hydrogen-bond donors (Lipinski definition) is 0. The predicted octanol–water partition coefficient (Wildman–Crippen LogP) is 5.34. The standard InChI is InChI=1S/C16H28/c1-2-14-8-10-16(11-9-14)13-12-15-6-4-3-5-7-15/h12-16H,2-11H2,1H3/b13-12+/t14-,16-. The van der Waals surface area contributed by atoms with Crippen molar-refractivity contribution in [2.24, 2.45) is 17.8 Å². The molecule has 0 saturated heterocycles. The zero-order valence-electron chi connectivity index (χ0n) is 11.0. The maximum absolute atomic E-state index is 2.57. The Bertz CT molecular complexity index is 202.